The van der Waals surface area contributed by atoms with Crippen LogP contribution >= 0.6 is 15.9 Å². The Kier molecular flexibility index (Phi) is 4.29. The predicted molar refractivity (Wildman–Crippen MR) is 88.4 cm³/mol. The van der Waals surface area contributed by atoms with Gasteiger partial charge in [0.05, 0.1) is 5.69 Å². The highest BCUT2D eigenvalue weighted by Gasteiger charge is 2.32. The molecule has 0 aromatic heterocycles. The molecule has 0 bridgehead atoms. The fourth-order valence-electron chi connectivity index (χ4n) is 2.95. The molecule has 2 rings (SSSR count). The van der Waals surface area contributed by atoms with Gasteiger partial charge >= 0.3 is 0 Å². The summed E-state index contributed by atoms with van der Waals surface area (Å²) in [4.78, 5) is 2.55. The smallest absolute Gasteiger partial charge is 0.0548 e. The Balaban J connectivity index is 2.57. The van der Waals surface area contributed by atoms with Gasteiger partial charge in [-0.1, -0.05) is 40.7 Å². The first-order chi connectivity index (χ1) is 8.86. The molecule has 0 amide bonds. The molecule has 0 atom stereocenters. The highest BCUT2D eigenvalue weighted by Crippen LogP contribution is 2.45. The largest absolute Gasteiger partial charge is 0.370 e. The molecule has 0 unspecified atom stereocenters. The SMILES string of the molecule is CCCN1CCC(C)(C)c2cc(C(C)C)cc(Br)c21. The molecular formula is C17H26BrN. The Bertz CT molecular complexity index is 463. The third-order valence-corrected chi connectivity index (χ3v) is 4.90. The van der Waals surface area contributed by atoms with Crippen molar-refractivity contribution < 1.29 is 0 Å². The van der Waals surface area contributed by atoms with Crippen molar-refractivity contribution in [1.82, 2.24) is 0 Å². The maximum atomic E-state index is 3.82. The third kappa shape index (κ3) is 2.84. The van der Waals surface area contributed by atoms with Gasteiger partial charge in [0.25, 0.3) is 0 Å². The van der Waals surface area contributed by atoms with E-state index in [4.69, 9.17) is 0 Å². The molecule has 1 nitrogen and oxygen atoms in total. The van der Waals surface area contributed by atoms with E-state index in [9.17, 15) is 0 Å². The Labute approximate surface area is 126 Å². The molecule has 0 saturated heterocycles. The fourth-order valence-corrected chi connectivity index (χ4v) is 3.67. The predicted octanol–water partition coefficient (Wildman–Crippen LogP) is 5.47. The first-order valence-electron chi connectivity index (χ1n) is 7.45. The summed E-state index contributed by atoms with van der Waals surface area (Å²) in [7, 11) is 0. The summed E-state index contributed by atoms with van der Waals surface area (Å²) in [6.07, 6.45) is 2.45. The van der Waals surface area contributed by atoms with Crippen molar-refractivity contribution in [2.24, 2.45) is 0 Å². The molecule has 19 heavy (non-hydrogen) atoms. The van der Waals surface area contributed by atoms with Gasteiger partial charge < -0.3 is 4.90 Å². The van der Waals surface area contributed by atoms with Crippen LogP contribution in [0.5, 0.6) is 0 Å². The van der Waals surface area contributed by atoms with Crippen molar-refractivity contribution >= 4 is 21.6 Å². The topological polar surface area (TPSA) is 3.24 Å². The summed E-state index contributed by atoms with van der Waals surface area (Å²) in [5.41, 5.74) is 4.68. The molecular weight excluding hydrogens is 298 g/mol. The molecule has 1 heterocycles. The first kappa shape index (κ1) is 14.9. The van der Waals surface area contributed by atoms with Crippen molar-refractivity contribution in [3.05, 3.63) is 27.7 Å². The number of fused-ring (bicyclic) bond motifs is 1. The maximum Gasteiger partial charge on any atom is 0.0548 e. The second kappa shape index (κ2) is 5.47. The van der Waals surface area contributed by atoms with E-state index in [0.717, 1.165) is 6.54 Å². The molecule has 0 fully saturated rings. The standard InChI is InChI=1S/C17H26BrN/c1-6-8-19-9-7-17(4,5)14-10-13(12(2)3)11-15(18)16(14)19/h10-12H,6-9H2,1-5H3. The van der Waals surface area contributed by atoms with Crippen LogP contribution in [0.1, 0.15) is 64.5 Å². The van der Waals surface area contributed by atoms with E-state index in [1.54, 1.807) is 0 Å². The zero-order valence-electron chi connectivity index (χ0n) is 12.9. The van der Waals surface area contributed by atoms with Gasteiger partial charge in [-0.25, -0.2) is 0 Å². The third-order valence-electron chi connectivity index (χ3n) is 4.30. The summed E-state index contributed by atoms with van der Waals surface area (Å²) in [5.74, 6) is 0.582. The number of anilines is 1. The number of halogens is 1. The van der Waals surface area contributed by atoms with E-state index in [0.29, 0.717) is 5.92 Å². The minimum atomic E-state index is 0.285. The zero-order chi connectivity index (χ0) is 14.2. The molecule has 0 spiro atoms. The summed E-state index contributed by atoms with van der Waals surface area (Å²) in [5, 5.41) is 0. The normalized spacial score (nSPS) is 17.7. The highest BCUT2D eigenvalue weighted by atomic mass is 79.9. The molecule has 1 aromatic carbocycles. The first-order valence-corrected chi connectivity index (χ1v) is 8.25. The summed E-state index contributed by atoms with van der Waals surface area (Å²) in [6.45, 7) is 13.9. The van der Waals surface area contributed by atoms with Crippen molar-refractivity contribution in [3.63, 3.8) is 0 Å². The van der Waals surface area contributed by atoms with Gasteiger partial charge in [-0.05, 0) is 57.3 Å². The minimum Gasteiger partial charge on any atom is -0.370 e. The summed E-state index contributed by atoms with van der Waals surface area (Å²) in [6, 6.07) is 4.75. The Morgan fingerprint density at radius 1 is 1.32 bits per heavy atom. The number of benzene rings is 1. The molecule has 106 valence electrons. The van der Waals surface area contributed by atoms with Crippen molar-refractivity contribution in [1.29, 1.82) is 0 Å². The molecule has 0 radical (unpaired) electrons. The number of hydrogen-bond donors (Lipinski definition) is 0. The van der Waals surface area contributed by atoms with Crippen LogP contribution in [-0.2, 0) is 5.41 Å². The number of hydrogen-bond acceptors (Lipinski definition) is 1. The quantitative estimate of drug-likeness (QED) is 0.712. The molecule has 0 N–H and O–H groups in total. The molecule has 2 heteroatoms. The van der Waals surface area contributed by atoms with Gasteiger partial charge in [0, 0.05) is 17.6 Å². The van der Waals surface area contributed by atoms with E-state index >= 15 is 0 Å². The van der Waals surface area contributed by atoms with E-state index in [-0.39, 0.29) is 5.41 Å². The molecule has 1 aromatic rings. The second-order valence-electron chi connectivity index (χ2n) is 6.67. The van der Waals surface area contributed by atoms with Crippen molar-refractivity contribution in [2.75, 3.05) is 18.0 Å². The molecule has 1 aliphatic rings. The van der Waals surface area contributed by atoms with Gasteiger partial charge in [-0.15, -0.1) is 0 Å². The molecule has 0 aliphatic carbocycles. The average Bonchev–Trinajstić information content (AvgIpc) is 2.32. The van der Waals surface area contributed by atoms with Crippen LogP contribution in [0.4, 0.5) is 5.69 Å². The van der Waals surface area contributed by atoms with Crippen LogP contribution in [0.2, 0.25) is 0 Å². The van der Waals surface area contributed by atoms with Gasteiger partial charge in [0.15, 0.2) is 0 Å². The van der Waals surface area contributed by atoms with Crippen LogP contribution in [0.15, 0.2) is 16.6 Å². The van der Waals surface area contributed by atoms with Gasteiger partial charge in [0.1, 0.15) is 0 Å². The van der Waals surface area contributed by atoms with Crippen LogP contribution in [0.25, 0.3) is 0 Å². The maximum absolute atomic E-state index is 3.82. The Morgan fingerprint density at radius 3 is 2.58 bits per heavy atom. The zero-order valence-corrected chi connectivity index (χ0v) is 14.5. The van der Waals surface area contributed by atoms with E-state index in [1.807, 2.05) is 0 Å². The van der Waals surface area contributed by atoms with E-state index in [1.165, 1.54) is 40.7 Å². The van der Waals surface area contributed by atoms with Crippen LogP contribution in [0, 0.1) is 0 Å². The number of nitrogens with zero attached hydrogens (tertiary/aromatic N) is 1. The van der Waals surface area contributed by atoms with Crippen molar-refractivity contribution in [2.45, 2.75) is 58.8 Å². The number of rotatable bonds is 3. The Morgan fingerprint density at radius 2 is 2.00 bits per heavy atom. The van der Waals surface area contributed by atoms with E-state index in [2.05, 4.69) is 67.6 Å². The molecule has 1 aliphatic heterocycles. The van der Waals surface area contributed by atoms with Gasteiger partial charge in [-0.3, -0.25) is 0 Å². The molecule has 0 saturated carbocycles. The monoisotopic (exact) mass is 323 g/mol. The van der Waals surface area contributed by atoms with Crippen LogP contribution in [-0.4, -0.2) is 13.1 Å². The van der Waals surface area contributed by atoms with E-state index < -0.39 is 0 Å². The lowest BCUT2D eigenvalue weighted by Crippen LogP contribution is -2.38. The lowest BCUT2D eigenvalue weighted by Gasteiger charge is -2.41. The summed E-state index contributed by atoms with van der Waals surface area (Å²) < 4.78 is 1.27. The minimum absolute atomic E-state index is 0.285. The highest BCUT2D eigenvalue weighted by molar-refractivity contribution is 9.10. The summed E-state index contributed by atoms with van der Waals surface area (Å²) >= 11 is 3.82. The fraction of sp³-hybridized carbons (Fsp3) is 0.647. The average molecular weight is 324 g/mol. The second-order valence-corrected chi connectivity index (χ2v) is 7.53. The van der Waals surface area contributed by atoms with Crippen molar-refractivity contribution in [3.8, 4) is 0 Å². The van der Waals surface area contributed by atoms with Gasteiger partial charge in [-0.2, -0.15) is 0 Å². The lowest BCUT2D eigenvalue weighted by molar-refractivity contribution is 0.451. The van der Waals surface area contributed by atoms with Gasteiger partial charge in [0.2, 0.25) is 0 Å². The van der Waals surface area contributed by atoms with Crippen LogP contribution < -0.4 is 4.90 Å². The lowest BCUT2D eigenvalue weighted by atomic mass is 9.76. The Hall–Kier alpha value is -0.500. The van der Waals surface area contributed by atoms with Crippen LogP contribution in [0.3, 0.4) is 0 Å².